The molecule has 0 saturated heterocycles. The van der Waals surface area contributed by atoms with Gasteiger partial charge in [-0.05, 0) is 17.7 Å². The molecule has 1 atom stereocenters. The quantitative estimate of drug-likeness (QED) is 0.562. The molecule has 0 aliphatic carbocycles. The Morgan fingerprint density at radius 2 is 1.83 bits per heavy atom. The summed E-state index contributed by atoms with van der Waals surface area (Å²) in [5, 5.41) is 27.2. The molecule has 1 heterocycles. The Kier molecular flexibility index (Phi) is 6.13. The van der Waals surface area contributed by atoms with Crippen LogP contribution in [0.1, 0.15) is 11.5 Å². The number of benzene rings is 2. The number of para-hydroxylation sites is 1. The summed E-state index contributed by atoms with van der Waals surface area (Å²) in [7, 11) is 1.51. The highest BCUT2D eigenvalue weighted by molar-refractivity contribution is 5.68. The lowest BCUT2D eigenvalue weighted by atomic mass is 9.99. The number of carboxylic acid groups (broad SMARTS) is 1. The van der Waals surface area contributed by atoms with Crippen LogP contribution in [0.2, 0.25) is 0 Å². The number of nitrogens with zero attached hydrogens (tertiary/aromatic N) is 3. The molecule has 1 aromatic heterocycles. The van der Waals surface area contributed by atoms with E-state index >= 15 is 0 Å². The zero-order chi connectivity index (χ0) is 20.8. The van der Waals surface area contributed by atoms with Crippen LogP contribution in [0.5, 0.6) is 11.5 Å². The molecule has 1 unspecified atom stereocenters. The second-order valence-electron chi connectivity index (χ2n) is 6.58. The second-order valence-corrected chi connectivity index (χ2v) is 6.58. The molecular weight excluding hydrogens is 372 g/mol. The number of amides is 1. The standard InChI is InChI=1S/C21H22N4O4/c1-25(21(27)28)12-15(14-7-3-2-4-8-14)13-29-19-11-17(23-24-20(19)22)16-9-5-6-10-18(16)26/h2-11,15,26H,12-13H2,1H3,(H2,22,24)(H,27,28). The van der Waals surface area contributed by atoms with Gasteiger partial charge in [0.05, 0.1) is 6.61 Å². The summed E-state index contributed by atoms with van der Waals surface area (Å²) in [6.45, 7) is 0.446. The molecule has 150 valence electrons. The number of carbonyl (C=O) groups is 1. The van der Waals surface area contributed by atoms with Crippen molar-refractivity contribution in [1.29, 1.82) is 0 Å². The van der Waals surface area contributed by atoms with E-state index in [0.29, 0.717) is 17.0 Å². The number of phenols is 1. The Balaban J connectivity index is 1.83. The summed E-state index contributed by atoms with van der Waals surface area (Å²) < 4.78 is 5.91. The topological polar surface area (TPSA) is 122 Å². The molecule has 8 nitrogen and oxygen atoms in total. The van der Waals surface area contributed by atoms with E-state index in [2.05, 4.69) is 10.2 Å². The fraction of sp³-hybridized carbons (Fsp3) is 0.190. The summed E-state index contributed by atoms with van der Waals surface area (Å²) in [5.41, 5.74) is 7.79. The van der Waals surface area contributed by atoms with Crippen molar-refractivity contribution < 1.29 is 19.7 Å². The van der Waals surface area contributed by atoms with E-state index in [1.807, 2.05) is 30.3 Å². The van der Waals surface area contributed by atoms with Crippen LogP contribution in [0.15, 0.2) is 60.7 Å². The molecule has 3 aromatic rings. The van der Waals surface area contributed by atoms with Gasteiger partial charge in [-0.2, -0.15) is 0 Å². The van der Waals surface area contributed by atoms with E-state index in [-0.39, 0.29) is 30.6 Å². The molecule has 0 aliphatic heterocycles. The van der Waals surface area contributed by atoms with Crippen LogP contribution >= 0.6 is 0 Å². The van der Waals surface area contributed by atoms with Crippen LogP contribution in [0.25, 0.3) is 11.3 Å². The summed E-state index contributed by atoms with van der Waals surface area (Å²) in [6.07, 6.45) is -1.02. The average molecular weight is 394 g/mol. The molecule has 0 fully saturated rings. The van der Waals surface area contributed by atoms with Crippen molar-refractivity contribution in [2.75, 3.05) is 25.9 Å². The van der Waals surface area contributed by atoms with Crippen molar-refractivity contribution in [2.24, 2.45) is 0 Å². The molecule has 0 aliphatic rings. The Hall–Kier alpha value is -3.81. The number of anilines is 1. The molecule has 29 heavy (non-hydrogen) atoms. The van der Waals surface area contributed by atoms with Crippen molar-refractivity contribution in [1.82, 2.24) is 15.1 Å². The summed E-state index contributed by atoms with van der Waals surface area (Å²) >= 11 is 0. The van der Waals surface area contributed by atoms with Gasteiger partial charge in [-0.25, -0.2) is 4.79 Å². The van der Waals surface area contributed by atoms with E-state index in [1.54, 1.807) is 30.3 Å². The van der Waals surface area contributed by atoms with E-state index < -0.39 is 6.09 Å². The van der Waals surface area contributed by atoms with Gasteiger partial charge in [-0.1, -0.05) is 42.5 Å². The Morgan fingerprint density at radius 3 is 2.52 bits per heavy atom. The third kappa shape index (κ3) is 4.92. The Bertz CT molecular complexity index is 981. The minimum Gasteiger partial charge on any atom is -0.507 e. The molecule has 4 N–H and O–H groups in total. The normalized spacial score (nSPS) is 11.6. The molecule has 2 aromatic carbocycles. The third-order valence-electron chi connectivity index (χ3n) is 4.50. The van der Waals surface area contributed by atoms with Crippen molar-refractivity contribution in [2.45, 2.75) is 5.92 Å². The predicted molar refractivity (Wildman–Crippen MR) is 109 cm³/mol. The maximum absolute atomic E-state index is 11.3. The van der Waals surface area contributed by atoms with Crippen molar-refractivity contribution in [3.63, 3.8) is 0 Å². The maximum atomic E-state index is 11.3. The minimum absolute atomic E-state index is 0.0720. The van der Waals surface area contributed by atoms with Gasteiger partial charge in [0.25, 0.3) is 0 Å². The molecule has 0 radical (unpaired) electrons. The first-order chi connectivity index (χ1) is 14.0. The molecule has 0 spiro atoms. The van der Waals surface area contributed by atoms with E-state index in [0.717, 1.165) is 5.56 Å². The highest BCUT2D eigenvalue weighted by Crippen LogP contribution is 2.31. The van der Waals surface area contributed by atoms with Crippen LogP contribution < -0.4 is 10.5 Å². The molecule has 0 bridgehead atoms. The van der Waals surface area contributed by atoms with Gasteiger partial charge in [0.15, 0.2) is 11.6 Å². The lowest BCUT2D eigenvalue weighted by Gasteiger charge is -2.23. The number of hydrogen-bond acceptors (Lipinski definition) is 6. The van der Waals surface area contributed by atoms with Crippen LogP contribution in [0, 0.1) is 0 Å². The number of nitrogen functional groups attached to an aromatic ring is 1. The number of ether oxygens (including phenoxy) is 1. The third-order valence-corrected chi connectivity index (χ3v) is 4.50. The van der Waals surface area contributed by atoms with Gasteiger partial charge in [-0.15, -0.1) is 10.2 Å². The fourth-order valence-electron chi connectivity index (χ4n) is 2.90. The first-order valence-electron chi connectivity index (χ1n) is 8.99. The van der Waals surface area contributed by atoms with E-state index in [4.69, 9.17) is 10.5 Å². The zero-order valence-electron chi connectivity index (χ0n) is 15.9. The number of aromatic hydroxyl groups is 1. The highest BCUT2D eigenvalue weighted by atomic mass is 16.5. The van der Waals surface area contributed by atoms with Crippen molar-refractivity contribution >= 4 is 11.9 Å². The number of hydrogen-bond donors (Lipinski definition) is 3. The average Bonchev–Trinajstić information content (AvgIpc) is 2.73. The van der Waals surface area contributed by atoms with Crippen LogP contribution in [-0.4, -0.2) is 51.6 Å². The Labute approximate surface area is 168 Å². The highest BCUT2D eigenvalue weighted by Gasteiger charge is 2.19. The zero-order valence-corrected chi connectivity index (χ0v) is 15.9. The SMILES string of the molecule is CN(CC(COc1cc(-c2ccccc2O)nnc1N)c1ccccc1)C(=O)O. The lowest BCUT2D eigenvalue weighted by Crippen LogP contribution is -2.31. The number of phenolic OH excluding ortho intramolecular Hbond substituents is 1. The Morgan fingerprint density at radius 1 is 1.14 bits per heavy atom. The van der Waals surface area contributed by atoms with Gasteiger partial charge < -0.3 is 25.6 Å². The monoisotopic (exact) mass is 394 g/mol. The summed E-state index contributed by atoms with van der Waals surface area (Å²) in [6, 6.07) is 17.9. The lowest BCUT2D eigenvalue weighted by molar-refractivity contribution is 0.148. The number of likely N-dealkylation sites (N-methyl/N-ethyl adjacent to an activating group) is 1. The smallest absolute Gasteiger partial charge is 0.407 e. The van der Waals surface area contributed by atoms with Crippen LogP contribution in [0.3, 0.4) is 0 Å². The largest absolute Gasteiger partial charge is 0.507 e. The van der Waals surface area contributed by atoms with Crippen molar-refractivity contribution in [3.05, 3.63) is 66.2 Å². The van der Waals surface area contributed by atoms with Gasteiger partial charge >= 0.3 is 6.09 Å². The van der Waals surface area contributed by atoms with Crippen LogP contribution in [-0.2, 0) is 0 Å². The van der Waals surface area contributed by atoms with Gasteiger partial charge in [0, 0.05) is 31.1 Å². The first-order valence-corrected chi connectivity index (χ1v) is 8.99. The van der Waals surface area contributed by atoms with Crippen molar-refractivity contribution in [3.8, 4) is 22.8 Å². The number of rotatable bonds is 7. The minimum atomic E-state index is -1.02. The number of aromatic nitrogens is 2. The van der Waals surface area contributed by atoms with Crippen LogP contribution in [0.4, 0.5) is 10.6 Å². The first kappa shape index (κ1) is 19.9. The molecule has 1 amide bonds. The second kappa shape index (κ2) is 8.92. The van der Waals surface area contributed by atoms with E-state index in [1.165, 1.54) is 11.9 Å². The number of nitrogens with two attached hydrogens (primary N) is 1. The van der Waals surface area contributed by atoms with Gasteiger partial charge in [0.1, 0.15) is 11.4 Å². The molecular formula is C21H22N4O4. The van der Waals surface area contributed by atoms with Gasteiger partial charge in [-0.3, -0.25) is 0 Å². The van der Waals surface area contributed by atoms with E-state index in [9.17, 15) is 15.0 Å². The fourth-order valence-corrected chi connectivity index (χ4v) is 2.90. The maximum Gasteiger partial charge on any atom is 0.407 e. The predicted octanol–water partition coefficient (Wildman–Crippen LogP) is 3.20. The summed E-state index contributed by atoms with van der Waals surface area (Å²) in [5.74, 6) is 0.293. The molecule has 8 heteroatoms. The van der Waals surface area contributed by atoms with Gasteiger partial charge in [0.2, 0.25) is 0 Å². The molecule has 3 rings (SSSR count). The molecule has 0 saturated carbocycles. The summed E-state index contributed by atoms with van der Waals surface area (Å²) in [4.78, 5) is 12.5.